The highest BCUT2D eigenvalue weighted by atomic mass is 35.5. The minimum atomic E-state index is -4.96. The maximum absolute atomic E-state index is 12.4. The minimum absolute atomic E-state index is 0.0981. The van der Waals surface area contributed by atoms with Crippen LogP contribution in [0.3, 0.4) is 0 Å². The van der Waals surface area contributed by atoms with Gasteiger partial charge in [0, 0.05) is 28.9 Å². The van der Waals surface area contributed by atoms with Gasteiger partial charge in [0.25, 0.3) is 0 Å². The predicted molar refractivity (Wildman–Crippen MR) is 98.9 cm³/mol. The van der Waals surface area contributed by atoms with Gasteiger partial charge in [0.15, 0.2) is 0 Å². The van der Waals surface area contributed by atoms with Crippen molar-refractivity contribution >= 4 is 62.0 Å². The smallest absolute Gasteiger partial charge is 0.302 e. The summed E-state index contributed by atoms with van der Waals surface area (Å²) in [5.74, 6) is 0.613. The second-order valence-corrected chi connectivity index (χ2v) is 10.2. The monoisotopic (exact) mass is 480 g/mol. The molecule has 2 atom stereocenters. The Hall–Kier alpha value is 1.42. The lowest BCUT2D eigenvalue weighted by molar-refractivity contribution is -0.0906. The average molecular weight is 482 g/mol. The van der Waals surface area contributed by atoms with Gasteiger partial charge in [-0.2, -0.15) is 4.31 Å². The van der Waals surface area contributed by atoms with E-state index in [-0.39, 0.29) is 49.4 Å². The van der Waals surface area contributed by atoms with E-state index in [1.54, 1.807) is 0 Å². The molecule has 0 spiro atoms. The Bertz CT molecular complexity index is 510. The van der Waals surface area contributed by atoms with Gasteiger partial charge >= 0.3 is 15.6 Å². The van der Waals surface area contributed by atoms with Crippen molar-refractivity contribution in [3.63, 3.8) is 0 Å². The second kappa shape index (κ2) is 10.3. The van der Waals surface area contributed by atoms with Crippen molar-refractivity contribution in [2.24, 2.45) is 5.41 Å². The van der Waals surface area contributed by atoms with Gasteiger partial charge < -0.3 is 9.79 Å². The maximum atomic E-state index is 12.4. The fourth-order valence-electron chi connectivity index (χ4n) is 3.32. The quantitative estimate of drug-likeness (QED) is 0.376. The Morgan fingerprint density at radius 3 is 1.76 bits per heavy atom. The van der Waals surface area contributed by atoms with Crippen LogP contribution in [0.2, 0.25) is 0 Å². The molecule has 0 saturated carbocycles. The van der Waals surface area contributed by atoms with Crippen molar-refractivity contribution in [1.82, 2.24) is 0 Å². The van der Waals surface area contributed by atoms with Crippen molar-refractivity contribution in [2.45, 2.75) is 37.7 Å². The highest BCUT2D eigenvalue weighted by Gasteiger charge is 2.56. The molecule has 7 nitrogen and oxygen atoms in total. The lowest BCUT2D eigenvalue weighted by atomic mass is 9.63. The van der Waals surface area contributed by atoms with E-state index in [4.69, 9.17) is 55.5 Å². The summed E-state index contributed by atoms with van der Waals surface area (Å²) in [7, 11) is -9.72. The number of hydrogen-bond donors (Lipinski definition) is 2. The molecule has 1 heterocycles. The van der Waals surface area contributed by atoms with Crippen LogP contribution in [-0.2, 0) is 22.5 Å². The summed E-state index contributed by atoms with van der Waals surface area (Å²) in [6, 6.07) is 0. The summed E-state index contributed by atoms with van der Waals surface area (Å²) >= 11 is 23.8. The van der Waals surface area contributed by atoms with Crippen LogP contribution in [-0.4, -0.2) is 45.5 Å². The van der Waals surface area contributed by atoms with Gasteiger partial charge in [0.05, 0.1) is 12.2 Å². The van der Waals surface area contributed by atoms with E-state index in [0.29, 0.717) is 12.8 Å². The van der Waals surface area contributed by atoms with Crippen LogP contribution in [0.15, 0.2) is 0 Å². The Morgan fingerprint density at radius 2 is 1.32 bits per heavy atom. The lowest BCUT2D eigenvalue weighted by Gasteiger charge is -2.50. The second-order valence-electron chi connectivity index (χ2n) is 5.72. The van der Waals surface area contributed by atoms with Crippen molar-refractivity contribution in [2.75, 3.05) is 30.1 Å². The zero-order chi connectivity index (χ0) is 19.2. The number of hydrogen-bond acceptors (Lipinski definition) is 5. The molecule has 0 bridgehead atoms. The molecule has 0 aromatic rings. The van der Waals surface area contributed by atoms with E-state index in [9.17, 15) is 18.9 Å². The molecule has 2 N–H and O–H groups in total. The number of halogens is 4. The number of rotatable bonds is 8. The fourth-order valence-corrected chi connectivity index (χ4v) is 7.16. The fraction of sp³-hybridized carbons (Fsp3) is 1.00. The van der Waals surface area contributed by atoms with E-state index in [2.05, 4.69) is 4.31 Å². The van der Waals surface area contributed by atoms with E-state index in [0.717, 1.165) is 0 Å². The molecule has 1 saturated heterocycles. The predicted octanol–water partition coefficient (Wildman–Crippen LogP) is 4.88. The molecule has 0 radical (unpaired) electrons. The lowest BCUT2D eigenvalue weighted by Crippen LogP contribution is -2.52. The molecule has 1 aliphatic heterocycles. The first kappa shape index (κ1) is 24.5. The minimum Gasteiger partial charge on any atom is -0.302 e. The van der Waals surface area contributed by atoms with Crippen LogP contribution < -0.4 is 0 Å². The molecule has 150 valence electrons. The number of alkyl halides is 4. The molecule has 1 rings (SSSR count). The van der Waals surface area contributed by atoms with Crippen LogP contribution in [0.1, 0.15) is 32.1 Å². The van der Waals surface area contributed by atoms with E-state index in [1.807, 2.05) is 0 Å². The van der Waals surface area contributed by atoms with Gasteiger partial charge in [-0.25, -0.2) is 9.13 Å². The molecule has 0 aliphatic carbocycles. The summed E-state index contributed by atoms with van der Waals surface area (Å²) in [6.45, 7) is -0.211. The Balaban J connectivity index is 3.53. The van der Waals surface area contributed by atoms with Crippen LogP contribution in [0.25, 0.3) is 0 Å². The normalized spacial score (nSPS) is 32.6. The van der Waals surface area contributed by atoms with Gasteiger partial charge in [0.1, 0.15) is 0 Å². The standard InChI is InChI=1S/C12H22Cl4O7P2/c13-6-1-11(2-7-14)5-10-21-24(17,18)23-25(19,20)22-12(11,3-8-15)4-9-16/h1-10H2,(H,17,18)(H,19,20). The number of phosphoric acid groups is 2. The SMILES string of the molecule is O=P1(O)OCCC(CCCl)(CCCl)C(CCCl)(CCCl)OP(=O)(O)O1. The third kappa shape index (κ3) is 6.47. The topological polar surface area (TPSA) is 102 Å². The van der Waals surface area contributed by atoms with Crippen molar-refractivity contribution in [1.29, 1.82) is 0 Å². The number of phosphoric ester groups is 2. The van der Waals surface area contributed by atoms with Gasteiger partial charge in [-0.15, -0.1) is 46.4 Å². The summed E-state index contributed by atoms with van der Waals surface area (Å²) in [6.07, 6.45) is 1.22. The third-order valence-electron chi connectivity index (χ3n) is 4.44. The maximum Gasteiger partial charge on any atom is 0.481 e. The van der Waals surface area contributed by atoms with Crippen molar-refractivity contribution in [3.8, 4) is 0 Å². The highest BCUT2D eigenvalue weighted by molar-refractivity contribution is 7.61. The first-order valence-electron chi connectivity index (χ1n) is 7.58. The summed E-state index contributed by atoms with van der Waals surface area (Å²) in [5, 5.41) is 0. The largest absolute Gasteiger partial charge is 0.481 e. The van der Waals surface area contributed by atoms with Gasteiger partial charge in [0.2, 0.25) is 0 Å². The molecular formula is C12H22Cl4O7P2. The molecule has 2 unspecified atom stereocenters. The molecule has 13 heteroatoms. The van der Waals surface area contributed by atoms with Crippen LogP contribution >= 0.6 is 62.0 Å². The molecule has 0 amide bonds. The Kier molecular flexibility index (Phi) is 10.0. The Morgan fingerprint density at radius 1 is 0.840 bits per heavy atom. The van der Waals surface area contributed by atoms with Crippen molar-refractivity contribution < 1.29 is 32.3 Å². The summed E-state index contributed by atoms with van der Waals surface area (Å²) in [4.78, 5) is 19.6. The molecule has 0 aromatic carbocycles. The summed E-state index contributed by atoms with van der Waals surface area (Å²) < 4.78 is 38.9. The van der Waals surface area contributed by atoms with Gasteiger partial charge in [-0.3, -0.25) is 9.05 Å². The molecule has 25 heavy (non-hydrogen) atoms. The van der Waals surface area contributed by atoms with Gasteiger partial charge in [-0.1, -0.05) is 0 Å². The van der Waals surface area contributed by atoms with E-state index >= 15 is 0 Å². The molecule has 0 aromatic heterocycles. The van der Waals surface area contributed by atoms with Crippen LogP contribution in [0, 0.1) is 5.41 Å². The average Bonchev–Trinajstić information content (AvgIpc) is 2.47. The first-order chi connectivity index (χ1) is 11.6. The van der Waals surface area contributed by atoms with E-state index in [1.165, 1.54) is 0 Å². The molecular weight excluding hydrogens is 460 g/mol. The van der Waals surface area contributed by atoms with E-state index < -0.39 is 26.7 Å². The van der Waals surface area contributed by atoms with Crippen LogP contribution in [0.4, 0.5) is 0 Å². The first-order valence-corrected chi connectivity index (χ1v) is 12.7. The third-order valence-corrected chi connectivity index (χ3v) is 7.94. The highest BCUT2D eigenvalue weighted by Crippen LogP contribution is 2.66. The zero-order valence-corrected chi connectivity index (χ0v) is 18.2. The summed E-state index contributed by atoms with van der Waals surface area (Å²) in [5.41, 5.74) is -2.16. The molecule has 1 aliphatic rings. The van der Waals surface area contributed by atoms with Gasteiger partial charge in [-0.05, 0) is 32.1 Å². The zero-order valence-electron chi connectivity index (χ0n) is 13.4. The van der Waals surface area contributed by atoms with Crippen molar-refractivity contribution in [3.05, 3.63) is 0 Å². The van der Waals surface area contributed by atoms with Crippen LogP contribution in [0.5, 0.6) is 0 Å². The molecule has 1 fully saturated rings. The Labute approximate surface area is 167 Å².